The van der Waals surface area contributed by atoms with Crippen LogP contribution in [0, 0.1) is 12.7 Å². The Morgan fingerprint density at radius 1 is 1.22 bits per heavy atom. The number of benzene rings is 1. The Morgan fingerprint density at radius 2 is 1.97 bits per heavy atom. The van der Waals surface area contributed by atoms with Crippen molar-refractivity contribution in [3.05, 3.63) is 63.1 Å². The van der Waals surface area contributed by atoms with Crippen LogP contribution in [0.25, 0.3) is 21.1 Å². The normalized spacial score (nSPS) is 14.9. The summed E-state index contributed by atoms with van der Waals surface area (Å²) in [5.41, 5.74) is 1.99. The quantitative estimate of drug-likeness (QED) is 0.408. The molecule has 0 atom stereocenters. The maximum absolute atomic E-state index is 13.4. The molecular formula is C24H24FN3O3S. The first-order valence-electron chi connectivity index (χ1n) is 10.9. The van der Waals surface area contributed by atoms with Gasteiger partial charge in [-0.1, -0.05) is 18.6 Å². The Morgan fingerprint density at radius 3 is 2.72 bits per heavy atom. The number of carbonyl (C=O) groups is 1. The summed E-state index contributed by atoms with van der Waals surface area (Å²) in [4.78, 5) is 27.0. The fourth-order valence-electron chi connectivity index (χ4n) is 4.50. The van der Waals surface area contributed by atoms with Gasteiger partial charge in [-0.2, -0.15) is 5.10 Å². The minimum Gasteiger partial charge on any atom is -0.461 e. The molecule has 0 amide bonds. The van der Waals surface area contributed by atoms with E-state index in [9.17, 15) is 14.0 Å². The minimum atomic E-state index is -0.430. The first-order valence-corrected chi connectivity index (χ1v) is 11.7. The van der Waals surface area contributed by atoms with Crippen LogP contribution in [0.4, 0.5) is 4.39 Å². The van der Waals surface area contributed by atoms with Crippen molar-refractivity contribution in [3.8, 4) is 0 Å². The molecule has 0 unspecified atom stereocenters. The number of hydrogen-bond donors (Lipinski definition) is 0. The van der Waals surface area contributed by atoms with Gasteiger partial charge in [-0.15, -0.1) is 11.3 Å². The lowest BCUT2D eigenvalue weighted by atomic mass is 9.98. The molecule has 6 nitrogen and oxygen atoms in total. The van der Waals surface area contributed by atoms with Crippen molar-refractivity contribution in [1.29, 1.82) is 0 Å². The molecule has 1 fully saturated rings. The van der Waals surface area contributed by atoms with E-state index in [-0.39, 0.29) is 24.0 Å². The van der Waals surface area contributed by atoms with E-state index in [1.165, 1.54) is 23.2 Å². The second kappa shape index (κ2) is 8.50. The van der Waals surface area contributed by atoms with Crippen LogP contribution in [0.3, 0.4) is 0 Å². The lowest BCUT2D eigenvalue weighted by Crippen LogP contribution is -2.31. The van der Waals surface area contributed by atoms with Gasteiger partial charge in [0.25, 0.3) is 5.56 Å². The molecule has 1 saturated carbocycles. The third-order valence-corrected chi connectivity index (χ3v) is 7.12. The molecule has 3 heterocycles. The van der Waals surface area contributed by atoms with Crippen molar-refractivity contribution >= 4 is 38.4 Å². The van der Waals surface area contributed by atoms with E-state index in [0.717, 1.165) is 51.7 Å². The molecule has 166 valence electrons. The number of thiophene rings is 1. The number of halogens is 1. The monoisotopic (exact) mass is 453 g/mol. The van der Waals surface area contributed by atoms with Crippen LogP contribution in [-0.4, -0.2) is 26.4 Å². The zero-order chi connectivity index (χ0) is 22.2. The lowest BCUT2D eigenvalue weighted by molar-refractivity contribution is -0.151. The van der Waals surface area contributed by atoms with Gasteiger partial charge in [-0.05, 0) is 56.4 Å². The number of rotatable bonds is 5. The minimum absolute atomic E-state index is 0.0636. The van der Waals surface area contributed by atoms with Crippen LogP contribution < -0.4 is 5.56 Å². The molecule has 0 N–H and O–H groups in total. The molecule has 0 radical (unpaired) electrons. The van der Waals surface area contributed by atoms with Gasteiger partial charge in [0.05, 0.1) is 16.4 Å². The summed E-state index contributed by atoms with van der Waals surface area (Å²) in [5.74, 6) is -0.731. The van der Waals surface area contributed by atoms with E-state index in [1.807, 2.05) is 17.6 Å². The van der Waals surface area contributed by atoms with Gasteiger partial charge in [-0.25, -0.2) is 9.07 Å². The van der Waals surface area contributed by atoms with E-state index in [1.54, 1.807) is 29.7 Å². The summed E-state index contributed by atoms with van der Waals surface area (Å²) >= 11 is 1.61. The predicted molar refractivity (Wildman–Crippen MR) is 123 cm³/mol. The second-order valence-electron chi connectivity index (χ2n) is 8.40. The number of esters is 1. The molecule has 3 aromatic heterocycles. The molecule has 0 saturated heterocycles. The first kappa shape index (κ1) is 20.9. The van der Waals surface area contributed by atoms with Crippen LogP contribution in [0.15, 0.2) is 41.3 Å². The van der Waals surface area contributed by atoms with Gasteiger partial charge in [0.15, 0.2) is 0 Å². The Hall–Kier alpha value is -3.00. The fourth-order valence-corrected chi connectivity index (χ4v) is 5.52. The summed E-state index contributed by atoms with van der Waals surface area (Å²) in [6.45, 7) is 2.23. The maximum Gasteiger partial charge on any atom is 0.328 e. The molecule has 8 heteroatoms. The highest BCUT2D eigenvalue weighted by atomic mass is 32.1. The Bertz CT molecular complexity index is 1350. The van der Waals surface area contributed by atoms with Crippen molar-refractivity contribution in [2.45, 2.75) is 58.2 Å². The highest BCUT2D eigenvalue weighted by Gasteiger charge is 2.21. The highest BCUT2D eigenvalue weighted by molar-refractivity contribution is 7.20. The molecule has 5 rings (SSSR count). The molecule has 0 spiro atoms. The standard InChI is InChI=1S/C24H24FN3O3S/c1-15-11-20-23(32-15)19-12-26-28(14-21(29)31-18-5-3-2-4-6-18)24(30)22(19)27(20)13-16-7-9-17(25)10-8-16/h7-12,18H,2-6,13-14H2,1H3. The topological polar surface area (TPSA) is 66.1 Å². The third-order valence-electron chi connectivity index (χ3n) is 6.04. The second-order valence-corrected chi connectivity index (χ2v) is 9.66. The number of nitrogens with zero attached hydrogens (tertiary/aromatic N) is 3. The first-order chi connectivity index (χ1) is 15.5. The van der Waals surface area contributed by atoms with Gasteiger partial charge in [0.1, 0.15) is 24.0 Å². The van der Waals surface area contributed by atoms with E-state index in [0.29, 0.717) is 12.1 Å². The average molecular weight is 454 g/mol. The molecule has 1 aliphatic carbocycles. The summed E-state index contributed by atoms with van der Waals surface area (Å²) < 4.78 is 23.1. The summed E-state index contributed by atoms with van der Waals surface area (Å²) in [6.07, 6.45) is 6.65. The van der Waals surface area contributed by atoms with Crippen molar-refractivity contribution in [3.63, 3.8) is 0 Å². The smallest absolute Gasteiger partial charge is 0.328 e. The molecule has 0 bridgehead atoms. The van der Waals surface area contributed by atoms with E-state index >= 15 is 0 Å². The number of fused-ring (bicyclic) bond motifs is 3. The Kier molecular flexibility index (Phi) is 5.55. The van der Waals surface area contributed by atoms with Crippen molar-refractivity contribution in [2.24, 2.45) is 0 Å². The lowest BCUT2D eigenvalue weighted by Gasteiger charge is -2.21. The zero-order valence-electron chi connectivity index (χ0n) is 17.8. The number of carbonyl (C=O) groups excluding carboxylic acids is 1. The largest absolute Gasteiger partial charge is 0.461 e. The van der Waals surface area contributed by atoms with E-state index in [4.69, 9.17) is 4.74 Å². The van der Waals surface area contributed by atoms with Gasteiger partial charge in [0, 0.05) is 16.8 Å². The number of aromatic nitrogens is 3. The van der Waals surface area contributed by atoms with Crippen LogP contribution in [0.1, 0.15) is 42.5 Å². The van der Waals surface area contributed by atoms with E-state index < -0.39 is 5.97 Å². The molecule has 0 aliphatic heterocycles. The summed E-state index contributed by atoms with van der Waals surface area (Å²) in [5, 5.41) is 5.04. The van der Waals surface area contributed by atoms with Crippen molar-refractivity contribution in [1.82, 2.24) is 14.3 Å². The van der Waals surface area contributed by atoms with Crippen LogP contribution in [0.2, 0.25) is 0 Å². The number of ether oxygens (including phenoxy) is 1. The highest BCUT2D eigenvalue weighted by Crippen LogP contribution is 2.34. The maximum atomic E-state index is 13.4. The SMILES string of the molecule is Cc1cc2c(s1)c1cnn(CC(=O)OC3CCCCC3)c(=O)c1n2Cc1ccc(F)cc1. The van der Waals surface area contributed by atoms with Crippen LogP contribution >= 0.6 is 11.3 Å². The third kappa shape index (κ3) is 3.95. The zero-order valence-corrected chi connectivity index (χ0v) is 18.7. The van der Waals surface area contributed by atoms with Gasteiger partial charge >= 0.3 is 5.97 Å². The van der Waals surface area contributed by atoms with Crippen molar-refractivity contribution < 1.29 is 13.9 Å². The Balaban J connectivity index is 1.52. The van der Waals surface area contributed by atoms with E-state index in [2.05, 4.69) is 5.10 Å². The summed E-state index contributed by atoms with van der Waals surface area (Å²) in [7, 11) is 0. The van der Waals surface area contributed by atoms with Gasteiger partial charge in [0.2, 0.25) is 0 Å². The van der Waals surface area contributed by atoms with Crippen LogP contribution in [0.5, 0.6) is 0 Å². The molecule has 1 aromatic carbocycles. The molecular weight excluding hydrogens is 429 g/mol. The van der Waals surface area contributed by atoms with Gasteiger partial charge < -0.3 is 9.30 Å². The molecule has 4 aromatic rings. The molecule has 32 heavy (non-hydrogen) atoms. The Labute approximate surface area is 188 Å². The summed E-state index contributed by atoms with van der Waals surface area (Å²) in [6, 6.07) is 8.31. The van der Waals surface area contributed by atoms with Crippen molar-refractivity contribution in [2.75, 3.05) is 0 Å². The van der Waals surface area contributed by atoms with Gasteiger partial charge in [-0.3, -0.25) is 9.59 Å². The number of hydrogen-bond acceptors (Lipinski definition) is 5. The van der Waals surface area contributed by atoms with Crippen LogP contribution in [-0.2, 0) is 22.6 Å². The molecule has 1 aliphatic rings. The number of aryl methyl sites for hydroxylation is 1. The average Bonchev–Trinajstić information content (AvgIpc) is 3.29. The predicted octanol–water partition coefficient (Wildman–Crippen LogP) is 4.78. The fraction of sp³-hybridized carbons (Fsp3) is 0.375.